The predicted octanol–water partition coefficient (Wildman–Crippen LogP) is 3.03. The van der Waals surface area contributed by atoms with Crippen LogP contribution in [0.25, 0.3) is 11.1 Å². The van der Waals surface area contributed by atoms with Crippen molar-refractivity contribution in [1.82, 2.24) is 4.98 Å². The lowest BCUT2D eigenvalue weighted by atomic mass is 10.0. The number of rotatable bonds is 3. The Bertz CT molecular complexity index is 530. The van der Waals surface area contributed by atoms with Crippen LogP contribution in [0.4, 0.5) is 11.7 Å². The minimum absolute atomic E-state index is 0.0203. The molecule has 0 aliphatic rings. The van der Waals surface area contributed by atoms with Crippen molar-refractivity contribution in [3.63, 3.8) is 0 Å². The summed E-state index contributed by atoms with van der Waals surface area (Å²) in [5.41, 5.74) is 8.01. The van der Waals surface area contributed by atoms with Crippen LogP contribution in [-0.2, 0) is 0 Å². The molecule has 0 aliphatic heterocycles. The molecule has 1 aromatic carbocycles. The van der Waals surface area contributed by atoms with Crippen molar-refractivity contribution in [3.8, 4) is 0 Å². The normalized spacial score (nSPS) is 12.0. The Morgan fingerprint density at radius 1 is 1.41 bits per heavy atom. The minimum Gasteiger partial charge on any atom is -0.423 e. The summed E-state index contributed by atoms with van der Waals surface area (Å²) in [5, 5.41) is 0. The van der Waals surface area contributed by atoms with Gasteiger partial charge in [0.2, 0.25) is 0 Å². The number of hydrogen-bond acceptors (Lipinski definition) is 4. The van der Waals surface area contributed by atoms with E-state index in [4.69, 9.17) is 10.2 Å². The van der Waals surface area contributed by atoms with E-state index in [0.717, 1.165) is 17.5 Å². The van der Waals surface area contributed by atoms with Crippen molar-refractivity contribution in [3.05, 3.63) is 18.2 Å². The van der Waals surface area contributed by atoms with Gasteiger partial charge in [0.15, 0.2) is 5.58 Å². The van der Waals surface area contributed by atoms with Crippen LogP contribution in [0.15, 0.2) is 22.6 Å². The lowest BCUT2D eigenvalue weighted by Gasteiger charge is -2.33. The Morgan fingerprint density at radius 2 is 2.12 bits per heavy atom. The first kappa shape index (κ1) is 11.8. The second kappa shape index (κ2) is 3.95. The van der Waals surface area contributed by atoms with Gasteiger partial charge in [0, 0.05) is 24.3 Å². The van der Waals surface area contributed by atoms with Crippen LogP contribution < -0.4 is 10.6 Å². The number of nitrogen functional groups attached to an aromatic ring is 1. The van der Waals surface area contributed by atoms with Gasteiger partial charge in [0.1, 0.15) is 5.52 Å². The predicted molar refractivity (Wildman–Crippen MR) is 71.2 cm³/mol. The van der Waals surface area contributed by atoms with E-state index < -0.39 is 0 Å². The summed E-state index contributed by atoms with van der Waals surface area (Å²) in [6, 6.07) is 6.15. The molecule has 0 radical (unpaired) electrons. The third kappa shape index (κ3) is 2.07. The molecule has 0 bridgehead atoms. The lowest BCUT2D eigenvalue weighted by molar-refractivity contribution is 0.432. The third-order valence-corrected chi connectivity index (χ3v) is 3.46. The Balaban J connectivity index is 2.43. The van der Waals surface area contributed by atoms with Gasteiger partial charge in [-0.2, -0.15) is 4.98 Å². The van der Waals surface area contributed by atoms with Crippen LogP contribution in [0, 0.1) is 0 Å². The maximum Gasteiger partial charge on any atom is 0.298 e. The van der Waals surface area contributed by atoms with E-state index in [0.29, 0.717) is 11.7 Å². The van der Waals surface area contributed by atoms with Gasteiger partial charge >= 0.3 is 0 Å². The average molecular weight is 233 g/mol. The van der Waals surface area contributed by atoms with E-state index in [1.165, 1.54) is 0 Å². The molecular weight excluding hydrogens is 214 g/mol. The number of benzene rings is 1. The first-order chi connectivity index (χ1) is 7.94. The molecule has 4 heteroatoms. The van der Waals surface area contributed by atoms with Gasteiger partial charge in [0.25, 0.3) is 6.01 Å². The van der Waals surface area contributed by atoms with Crippen LogP contribution >= 0.6 is 0 Å². The number of fused-ring (bicyclic) bond motifs is 1. The van der Waals surface area contributed by atoms with Crippen molar-refractivity contribution in [2.24, 2.45) is 0 Å². The highest BCUT2D eigenvalue weighted by atomic mass is 16.4. The minimum atomic E-state index is 0.0203. The van der Waals surface area contributed by atoms with Gasteiger partial charge < -0.3 is 15.1 Å². The van der Waals surface area contributed by atoms with Crippen molar-refractivity contribution < 1.29 is 4.42 Å². The van der Waals surface area contributed by atoms with E-state index in [9.17, 15) is 0 Å². The summed E-state index contributed by atoms with van der Waals surface area (Å²) in [6.45, 7) is 6.48. The number of oxazole rings is 1. The van der Waals surface area contributed by atoms with Crippen LogP contribution in [-0.4, -0.2) is 17.6 Å². The van der Waals surface area contributed by atoms with Crippen LogP contribution in [0.5, 0.6) is 0 Å². The Kier molecular flexibility index (Phi) is 2.73. The summed E-state index contributed by atoms with van der Waals surface area (Å²) >= 11 is 0. The summed E-state index contributed by atoms with van der Waals surface area (Å²) in [7, 11) is 2.00. The fourth-order valence-electron chi connectivity index (χ4n) is 1.57. The molecule has 0 aliphatic carbocycles. The molecule has 0 saturated carbocycles. The van der Waals surface area contributed by atoms with Gasteiger partial charge in [-0.3, -0.25) is 0 Å². The zero-order valence-corrected chi connectivity index (χ0v) is 10.8. The summed E-state index contributed by atoms with van der Waals surface area (Å²) < 4.78 is 5.73. The van der Waals surface area contributed by atoms with E-state index >= 15 is 0 Å². The van der Waals surface area contributed by atoms with Gasteiger partial charge in [-0.05, 0) is 32.4 Å². The van der Waals surface area contributed by atoms with Gasteiger partial charge in [-0.15, -0.1) is 0 Å². The van der Waals surface area contributed by atoms with Crippen LogP contribution in [0.2, 0.25) is 0 Å². The maximum atomic E-state index is 5.73. The Hall–Kier alpha value is -1.71. The molecule has 2 rings (SSSR count). The quantitative estimate of drug-likeness (QED) is 0.828. The third-order valence-electron chi connectivity index (χ3n) is 3.46. The molecule has 0 saturated heterocycles. The first-order valence-corrected chi connectivity index (χ1v) is 5.84. The topological polar surface area (TPSA) is 55.3 Å². The highest BCUT2D eigenvalue weighted by Gasteiger charge is 2.25. The van der Waals surface area contributed by atoms with Crippen molar-refractivity contribution in [2.45, 2.75) is 32.7 Å². The fourth-order valence-corrected chi connectivity index (χ4v) is 1.57. The molecule has 17 heavy (non-hydrogen) atoms. The molecule has 92 valence electrons. The molecular formula is C13H19N3O. The number of aromatic nitrogens is 1. The molecule has 0 fully saturated rings. The van der Waals surface area contributed by atoms with Crippen LogP contribution in [0.1, 0.15) is 27.2 Å². The number of nitrogens with two attached hydrogens (primary N) is 1. The fraction of sp³-hybridized carbons (Fsp3) is 0.462. The molecule has 1 aromatic heterocycles. The Labute approximate surface area is 101 Å². The molecule has 2 N–H and O–H groups in total. The standard InChI is InChI=1S/C13H19N3O/c1-5-13(2,3)16(4)12-15-10-7-6-9(14)8-11(10)17-12/h6-8H,5,14H2,1-4H3. The van der Waals surface area contributed by atoms with E-state index in [1.807, 2.05) is 19.2 Å². The molecule has 0 amide bonds. The van der Waals surface area contributed by atoms with Gasteiger partial charge in [-0.25, -0.2) is 0 Å². The molecule has 2 aromatic rings. The summed E-state index contributed by atoms with van der Waals surface area (Å²) in [5.74, 6) is 0. The van der Waals surface area contributed by atoms with E-state index in [1.54, 1.807) is 6.07 Å². The maximum absolute atomic E-state index is 5.73. The van der Waals surface area contributed by atoms with Crippen LogP contribution in [0.3, 0.4) is 0 Å². The molecule has 1 heterocycles. The largest absolute Gasteiger partial charge is 0.423 e. The van der Waals surface area contributed by atoms with E-state index in [-0.39, 0.29) is 5.54 Å². The lowest BCUT2D eigenvalue weighted by Crippen LogP contribution is -2.40. The molecule has 0 atom stereocenters. The number of hydrogen-bond donors (Lipinski definition) is 1. The highest BCUT2D eigenvalue weighted by molar-refractivity contribution is 5.78. The second-order valence-corrected chi connectivity index (χ2v) is 4.95. The number of anilines is 2. The SMILES string of the molecule is CCC(C)(C)N(C)c1nc2ccc(N)cc2o1. The smallest absolute Gasteiger partial charge is 0.298 e. The number of nitrogens with zero attached hydrogens (tertiary/aromatic N) is 2. The molecule has 0 unspecified atom stereocenters. The highest BCUT2D eigenvalue weighted by Crippen LogP contribution is 2.28. The molecule has 0 spiro atoms. The van der Waals surface area contributed by atoms with Gasteiger partial charge in [0.05, 0.1) is 0 Å². The molecule has 4 nitrogen and oxygen atoms in total. The second-order valence-electron chi connectivity index (χ2n) is 4.95. The zero-order valence-electron chi connectivity index (χ0n) is 10.8. The van der Waals surface area contributed by atoms with Crippen molar-refractivity contribution in [1.29, 1.82) is 0 Å². The Morgan fingerprint density at radius 3 is 2.76 bits per heavy atom. The monoisotopic (exact) mass is 233 g/mol. The van der Waals surface area contributed by atoms with Gasteiger partial charge in [-0.1, -0.05) is 6.92 Å². The summed E-state index contributed by atoms with van der Waals surface area (Å²) in [6.07, 6.45) is 1.02. The first-order valence-electron chi connectivity index (χ1n) is 5.84. The van der Waals surface area contributed by atoms with Crippen molar-refractivity contribution in [2.75, 3.05) is 17.7 Å². The zero-order chi connectivity index (χ0) is 12.6. The van der Waals surface area contributed by atoms with E-state index in [2.05, 4.69) is 30.7 Å². The summed E-state index contributed by atoms with van der Waals surface area (Å²) in [4.78, 5) is 6.53. The van der Waals surface area contributed by atoms with Crippen molar-refractivity contribution >= 4 is 22.8 Å². The average Bonchev–Trinajstić information content (AvgIpc) is 2.70.